The van der Waals surface area contributed by atoms with Crippen molar-refractivity contribution in [1.82, 2.24) is 0 Å². The monoisotopic (exact) mass is 173 g/mol. The van der Waals surface area contributed by atoms with Gasteiger partial charge in [-0.05, 0) is 6.42 Å². The van der Waals surface area contributed by atoms with Crippen LogP contribution in [0.25, 0.3) is 0 Å². The van der Waals surface area contributed by atoms with Gasteiger partial charge >= 0.3 is 12.0 Å². The zero-order valence-electron chi connectivity index (χ0n) is 6.04. The molecule has 0 aromatic rings. The lowest BCUT2D eigenvalue weighted by atomic mass is 10.1. The van der Waals surface area contributed by atoms with Crippen molar-refractivity contribution in [2.24, 2.45) is 0 Å². The molecular formula is C6H9F4O. The van der Waals surface area contributed by atoms with E-state index in [2.05, 4.69) is 0 Å². The fourth-order valence-electron chi connectivity index (χ4n) is 0.544. The maximum atomic E-state index is 12.1. The van der Waals surface area contributed by atoms with E-state index in [0.29, 0.717) is 6.42 Å². The Morgan fingerprint density at radius 3 is 1.91 bits per heavy atom. The summed E-state index contributed by atoms with van der Waals surface area (Å²) in [6, 6.07) is 0. The second-order valence-corrected chi connectivity index (χ2v) is 2.32. The molecule has 0 saturated carbocycles. The molecule has 0 rings (SSSR count). The number of hydrogen-bond acceptors (Lipinski definition) is 0. The van der Waals surface area contributed by atoms with Crippen LogP contribution in [0.15, 0.2) is 0 Å². The highest BCUT2D eigenvalue weighted by molar-refractivity contribution is 4.73. The first-order valence-electron chi connectivity index (χ1n) is 3.27. The number of unbranched alkanes of at least 4 members (excludes halogenated alkanes) is 1. The topological polar surface area (TPSA) is 19.9 Å². The molecular weight excluding hydrogens is 164 g/mol. The van der Waals surface area contributed by atoms with Gasteiger partial charge in [0.15, 0.2) is 0 Å². The molecule has 0 saturated heterocycles. The van der Waals surface area contributed by atoms with Crippen LogP contribution in [0.2, 0.25) is 0 Å². The number of halogens is 4. The summed E-state index contributed by atoms with van der Waals surface area (Å²) in [5, 5.41) is 9.55. The van der Waals surface area contributed by atoms with Gasteiger partial charge in [-0.1, -0.05) is 13.3 Å². The van der Waals surface area contributed by atoms with Crippen LogP contribution in [0.5, 0.6) is 0 Å². The van der Waals surface area contributed by atoms with Crippen LogP contribution in [-0.2, 0) is 5.11 Å². The number of alkyl halides is 4. The zero-order chi connectivity index (χ0) is 9.12. The van der Waals surface area contributed by atoms with Crippen LogP contribution in [0.1, 0.15) is 26.2 Å². The minimum absolute atomic E-state index is 0.0647. The van der Waals surface area contributed by atoms with E-state index in [0.717, 1.165) is 0 Å². The lowest BCUT2D eigenvalue weighted by Gasteiger charge is -2.18. The first-order valence-corrected chi connectivity index (χ1v) is 3.27. The van der Waals surface area contributed by atoms with Crippen molar-refractivity contribution >= 4 is 0 Å². The smallest absolute Gasteiger partial charge is 0.197 e. The van der Waals surface area contributed by atoms with Gasteiger partial charge in [0.1, 0.15) is 0 Å². The zero-order valence-corrected chi connectivity index (χ0v) is 6.04. The third-order valence-corrected chi connectivity index (χ3v) is 1.27. The quantitative estimate of drug-likeness (QED) is 0.582. The first kappa shape index (κ1) is 10.7. The van der Waals surface area contributed by atoms with Crippen molar-refractivity contribution in [1.29, 1.82) is 0 Å². The molecule has 1 nitrogen and oxygen atoms in total. The van der Waals surface area contributed by atoms with Crippen LogP contribution in [-0.4, -0.2) is 12.0 Å². The summed E-state index contributed by atoms with van der Waals surface area (Å²) in [5.41, 5.74) is 0. The van der Waals surface area contributed by atoms with Gasteiger partial charge in [0.05, 0.1) is 0 Å². The van der Waals surface area contributed by atoms with Gasteiger partial charge in [0, 0.05) is 6.42 Å². The highest BCUT2D eigenvalue weighted by atomic mass is 19.3. The molecule has 0 aliphatic rings. The van der Waals surface area contributed by atoms with E-state index < -0.39 is 18.5 Å². The lowest BCUT2D eigenvalue weighted by Crippen LogP contribution is -2.38. The maximum absolute atomic E-state index is 12.1. The molecule has 0 aliphatic heterocycles. The van der Waals surface area contributed by atoms with Crippen LogP contribution in [0.3, 0.4) is 0 Å². The van der Waals surface area contributed by atoms with E-state index in [-0.39, 0.29) is 6.42 Å². The average molecular weight is 173 g/mol. The molecule has 0 heterocycles. The average Bonchev–Trinajstić information content (AvgIpc) is 1.81. The van der Waals surface area contributed by atoms with E-state index in [1.807, 2.05) is 0 Å². The summed E-state index contributed by atoms with van der Waals surface area (Å²) in [4.78, 5) is 0. The van der Waals surface area contributed by atoms with Gasteiger partial charge in [0.2, 0.25) is 0 Å². The van der Waals surface area contributed by atoms with E-state index in [1.165, 1.54) is 0 Å². The van der Waals surface area contributed by atoms with Crippen molar-refractivity contribution in [3.05, 3.63) is 0 Å². The van der Waals surface area contributed by atoms with Gasteiger partial charge in [-0.2, -0.15) is 22.7 Å². The molecule has 0 N–H and O–H groups in total. The highest BCUT2D eigenvalue weighted by Gasteiger charge is 2.56. The van der Waals surface area contributed by atoms with Gasteiger partial charge in [0.25, 0.3) is 0 Å². The van der Waals surface area contributed by atoms with Crippen molar-refractivity contribution in [3.63, 3.8) is 0 Å². The number of hydrogen-bond donors (Lipinski definition) is 0. The molecule has 0 aromatic heterocycles. The molecule has 0 amide bonds. The minimum atomic E-state index is -5.14. The molecule has 11 heavy (non-hydrogen) atoms. The Morgan fingerprint density at radius 1 is 1.18 bits per heavy atom. The molecule has 0 aliphatic carbocycles. The van der Waals surface area contributed by atoms with Crippen LogP contribution in [0, 0.1) is 0 Å². The fourth-order valence-corrected chi connectivity index (χ4v) is 0.544. The Labute approximate surface area is 62.0 Å². The van der Waals surface area contributed by atoms with E-state index in [4.69, 9.17) is 0 Å². The third kappa shape index (κ3) is 3.05. The Hall–Kier alpha value is -0.320. The summed E-state index contributed by atoms with van der Waals surface area (Å²) < 4.78 is 47.1. The van der Waals surface area contributed by atoms with E-state index in [9.17, 15) is 22.7 Å². The predicted octanol–water partition coefficient (Wildman–Crippen LogP) is 2.84. The molecule has 0 fully saturated rings. The predicted molar refractivity (Wildman–Crippen MR) is 30.1 cm³/mol. The van der Waals surface area contributed by atoms with Gasteiger partial charge in [-0.3, -0.25) is 0 Å². The fraction of sp³-hybridized carbons (Fsp3) is 1.00. The van der Waals surface area contributed by atoms with Crippen molar-refractivity contribution in [2.45, 2.75) is 38.2 Å². The summed E-state index contributed by atoms with van der Waals surface area (Å²) in [6.45, 7) is 1.58. The lowest BCUT2D eigenvalue weighted by molar-refractivity contribution is -0.355. The largest absolute Gasteiger partial charge is 0.445 e. The van der Waals surface area contributed by atoms with Crippen molar-refractivity contribution < 1.29 is 22.7 Å². The summed E-state index contributed by atoms with van der Waals surface area (Å²) in [7, 11) is 0. The van der Waals surface area contributed by atoms with Crippen LogP contribution in [0.4, 0.5) is 17.6 Å². The maximum Gasteiger partial charge on any atom is 0.445 e. The molecule has 0 aromatic carbocycles. The summed E-state index contributed by atoms with van der Waals surface area (Å²) in [5.74, 6) is -4.40. The van der Waals surface area contributed by atoms with Crippen LogP contribution < -0.4 is 0 Å². The van der Waals surface area contributed by atoms with Crippen molar-refractivity contribution in [2.75, 3.05) is 0 Å². The summed E-state index contributed by atoms with van der Waals surface area (Å²) in [6.07, 6.45) is -5.88. The second-order valence-electron chi connectivity index (χ2n) is 2.32. The SMILES string of the molecule is CCCCC(F)(F)C([O])(F)F. The molecule has 0 spiro atoms. The normalized spacial score (nSPS) is 13.6. The van der Waals surface area contributed by atoms with Gasteiger partial charge in [-0.25, -0.2) is 0 Å². The second kappa shape index (κ2) is 3.38. The first-order chi connectivity index (χ1) is 4.81. The molecule has 0 atom stereocenters. The summed E-state index contributed by atoms with van der Waals surface area (Å²) >= 11 is 0. The number of rotatable bonds is 4. The van der Waals surface area contributed by atoms with E-state index in [1.54, 1.807) is 6.92 Å². The molecule has 5 heteroatoms. The third-order valence-electron chi connectivity index (χ3n) is 1.27. The highest BCUT2D eigenvalue weighted by Crippen LogP contribution is 2.36. The Morgan fingerprint density at radius 2 is 1.64 bits per heavy atom. The Balaban J connectivity index is 4.00. The molecule has 67 valence electrons. The van der Waals surface area contributed by atoms with Gasteiger partial charge < -0.3 is 0 Å². The molecule has 1 radical (unpaired) electrons. The van der Waals surface area contributed by atoms with Gasteiger partial charge in [-0.15, -0.1) is 0 Å². The Kier molecular flexibility index (Phi) is 3.29. The van der Waals surface area contributed by atoms with E-state index >= 15 is 0 Å². The molecule has 0 unspecified atom stereocenters. The van der Waals surface area contributed by atoms with Crippen LogP contribution >= 0.6 is 0 Å². The Bertz CT molecular complexity index is 118. The standard InChI is InChI=1S/C6H9F4O/c1-2-3-4-5(7,8)6(9,10)11/h2-4H2,1H3. The minimum Gasteiger partial charge on any atom is -0.197 e. The van der Waals surface area contributed by atoms with Crippen molar-refractivity contribution in [3.8, 4) is 0 Å². The molecule has 0 bridgehead atoms.